The summed E-state index contributed by atoms with van der Waals surface area (Å²) in [5.41, 5.74) is 4.67. The normalized spacial score (nSPS) is 11.0. The van der Waals surface area contributed by atoms with Gasteiger partial charge in [-0.2, -0.15) is 5.10 Å². The van der Waals surface area contributed by atoms with Gasteiger partial charge in [-0.3, -0.25) is 5.43 Å². The lowest BCUT2D eigenvalue weighted by Crippen LogP contribution is -1.91. The van der Waals surface area contributed by atoms with Crippen LogP contribution in [0.3, 0.4) is 0 Å². The van der Waals surface area contributed by atoms with Crippen LogP contribution < -0.4 is 10.2 Å². The van der Waals surface area contributed by atoms with E-state index >= 15 is 0 Å². The van der Waals surface area contributed by atoms with Crippen LogP contribution in [0.4, 0.5) is 5.13 Å². The Morgan fingerprint density at radius 3 is 3.00 bits per heavy atom. The molecule has 0 amide bonds. The zero-order valence-electron chi connectivity index (χ0n) is 11.7. The third kappa shape index (κ3) is 3.26. The molecule has 0 aliphatic rings. The van der Waals surface area contributed by atoms with Crippen LogP contribution in [0.25, 0.3) is 10.6 Å². The first kappa shape index (κ1) is 14.6. The molecular formula is C15H13N3O2S2. The van der Waals surface area contributed by atoms with Gasteiger partial charge in [0.2, 0.25) is 5.13 Å². The minimum absolute atomic E-state index is 0.105. The number of hydrogen-bond donors (Lipinski definition) is 2. The molecule has 22 heavy (non-hydrogen) atoms. The molecule has 0 bridgehead atoms. The van der Waals surface area contributed by atoms with Crippen LogP contribution in [0, 0.1) is 0 Å². The van der Waals surface area contributed by atoms with Gasteiger partial charge in [-0.1, -0.05) is 6.07 Å². The minimum Gasteiger partial charge on any atom is -0.504 e. The van der Waals surface area contributed by atoms with Crippen LogP contribution in [-0.2, 0) is 0 Å². The number of phenols is 1. The Morgan fingerprint density at radius 1 is 1.32 bits per heavy atom. The maximum Gasteiger partial charge on any atom is 0.203 e. The number of ether oxygens (including phenoxy) is 1. The molecule has 5 nitrogen and oxygen atoms in total. The number of aromatic nitrogens is 1. The predicted molar refractivity (Wildman–Crippen MR) is 91.3 cm³/mol. The van der Waals surface area contributed by atoms with Crippen molar-refractivity contribution < 1.29 is 9.84 Å². The number of nitrogens with one attached hydrogen (secondary N) is 1. The first-order valence-electron chi connectivity index (χ1n) is 6.42. The van der Waals surface area contributed by atoms with Crippen molar-refractivity contribution in [1.29, 1.82) is 0 Å². The van der Waals surface area contributed by atoms with Crippen molar-refractivity contribution in [2.75, 3.05) is 12.5 Å². The number of aromatic hydroxyl groups is 1. The molecule has 0 radical (unpaired) electrons. The summed E-state index contributed by atoms with van der Waals surface area (Å²) in [6.45, 7) is 0. The maximum absolute atomic E-state index is 9.54. The van der Waals surface area contributed by atoms with Gasteiger partial charge in [0.25, 0.3) is 0 Å². The van der Waals surface area contributed by atoms with Gasteiger partial charge in [-0.15, -0.1) is 22.7 Å². The van der Waals surface area contributed by atoms with Gasteiger partial charge >= 0.3 is 0 Å². The van der Waals surface area contributed by atoms with Crippen LogP contribution in [0.15, 0.2) is 46.2 Å². The molecule has 0 fully saturated rings. The van der Waals surface area contributed by atoms with E-state index in [1.165, 1.54) is 18.4 Å². The molecule has 3 rings (SSSR count). The van der Waals surface area contributed by atoms with Crippen molar-refractivity contribution >= 4 is 34.0 Å². The standard InChI is InChI=1S/C15H13N3O2S2/c1-20-13-7-10(4-5-12(13)19)8-16-18-15-17-11(9-22-15)14-3-2-6-21-14/h2-9,19H,1H3,(H,17,18)/b16-8-. The molecule has 0 aliphatic heterocycles. The lowest BCUT2D eigenvalue weighted by molar-refractivity contribution is 0.373. The van der Waals surface area contributed by atoms with Crippen molar-refractivity contribution in [2.45, 2.75) is 0 Å². The fraction of sp³-hybridized carbons (Fsp3) is 0.0667. The third-order valence-corrected chi connectivity index (χ3v) is 4.49. The fourth-order valence-electron chi connectivity index (χ4n) is 1.80. The van der Waals surface area contributed by atoms with Gasteiger partial charge in [0.1, 0.15) is 0 Å². The summed E-state index contributed by atoms with van der Waals surface area (Å²) >= 11 is 3.15. The fourth-order valence-corrected chi connectivity index (χ4v) is 3.22. The van der Waals surface area contributed by atoms with Crippen molar-refractivity contribution in [3.05, 3.63) is 46.7 Å². The summed E-state index contributed by atoms with van der Waals surface area (Å²) in [6, 6.07) is 9.07. The number of benzene rings is 1. The van der Waals surface area contributed by atoms with E-state index in [4.69, 9.17) is 4.74 Å². The molecule has 0 saturated heterocycles. The Bertz CT molecular complexity index is 782. The molecule has 0 atom stereocenters. The molecule has 112 valence electrons. The molecule has 2 heterocycles. The highest BCUT2D eigenvalue weighted by Gasteiger charge is 2.04. The van der Waals surface area contributed by atoms with Gasteiger partial charge in [0.15, 0.2) is 11.5 Å². The van der Waals surface area contributed by atoms with E-state index in [9.17, 15) is 5.11 Å². The molecule has 2 N–H and O–H groups in total. The number of hydrogen-bond acceptors (Lipinski definition) is 7. The van der Waals surface area contributed by atoms with Crippen LogP contribution in [0.2, 0.25) is 0 Å². The molecule has 0 spiro atoms. The van der Waals surface area contributed by atoms with Crippen molar-refractivity contribution in [2.24, 2.45) is 5.10 Å². The summed E-state index contributed by atoms with van der Waals surface area (Å²) in [5.74, 6) is 0.520. The number of phenolic OH excluding ortho intramolecular Hbond substituents is 1. The number of rotatable bonds is 5. The zero-order chi connectivity index (χ0) is 15.4. The predicted octanol–water partition coefficient (Wildman–Crippen LogP) is 4.03. The Hall–Kier alpha value is -2.38. The molecular weight excluding hydrogens is 318 g/mol. The number of anilines is 1. The van der Waals surface area contributed by atoms with E-state index in [2.05, 4.69) is 15.5 Å². The van der Waals surface area contributed by atoms with E-state index < -0.39 is 0 Å². The van der Waals surface area contributed by atoms with E-state index in [0.717, 1.165) is 21.3 Å². The average molecular weight is 331 g/mol. The number of nitrogens with zero attached hydrogens (tertiary/aromatic N) is 2. The van der Waals surface area contributed by atoms with Gasteiger partial charge < -0.3 is 9.84 Å². The summed E-state index contributed by atoms with van der Waals surface area (Å²) in [6.07, 6.45) is 1.65. The first-order valence-corrected chi connectivity index (χ1v) is 8.17. The first-order chi connectivity index (χ1) is 10.8. The monoisotopic (exact) mass is 331 g/mol. The molecule has 1 aromatic carbocycles. The van der Waals surface area contributed by atoms with E-state index in [0.29, 0.717) is 5.75 Å². The van der Waals surface area contributed by atoms with E-state index in [-0.39, 0.29) is 5.75 Å². The molecule has 7 heteroatoms. The molecule has 0 unspecified atom stereocenters. The van der Waals surface area contributed by atoms with Gasteiger partial charge in [0, 0.05) is 5.38 Å². The average Bonchev–Trinajstić information content (AvgIpc) is 3.19. The summed E-state index contributed by atoms with van der Waals surface area (Å²) in [4.78, 5) is 5.61. The number of methoxy groups -OCH3 is 1. The smallest absolute Gasteiger partial charge is 0.203 e. The molecule has 3 aromatic rings. The Labute approximate surface area is 135 Å². The Morgan fingerprint density at radius 2 is 2.23 bits per heavy atom. The number of thiophene rings is 1. The lowest BCUT2D eigenvalue weighted by Gasteiger charge is -2.03. The number of thiazole rings is 1. The molecule has 2 aromatic heterocycles. The summed E-state index contributed by atoms with van der Waals surface area (Å²) < 4.78 is 5.05. The SMILES string of the molecule is COc1cc(/C=N\Nc2nc(-c3cccs3)cs2)ccc1O. The Balaban J connectivity index is 1.67. The lowest BCUT2D eigenvalue weighted by atomic mass is 10.2. The van der Waals surface area contributed by atoms with Crippen molar-refractivity contribution in [1.82, 2.24) is 4.98 Å². The highest BCUT2D eigenvalue weighted by atomic mass is 32.1. The number of hydrazone groups is 1. The van der Waals surface area contributed by atoms with Gasteiger partial charge in [-0.25, -0.2) is 4.98 Å². The van der Waals surface area contributed by atoms with Crippen LogP contribution >= 0.6 is 22.7 Å². The quantitative estimate of drug-likeness (QED) is 0.547. The Kier molecular flexibility index (Phi) is 4.36. The third-order valence-electron chi connectivity index (χ3n) is 2.86. The second-order valence-electron chi connectivity index (χ2n) is 4.32. The van der Waals surface area contributed by atoms with E-state index in [1.807, 2.05) is 22.9 Å². The molecule has 0 saturated carbocycles. The van der Waals surface area contributed by atoms with Crippen LogP contribution in [0.5, 0.6) is 11.5 Å². The largest absolute Gasteiger partial charge is 0.504 e. The zero-order valence-corrected chi connectivity index (χ0v) is 13.3. The van der Waals surface area contributed by atoms with E-state index in [1.54, 1.807) is 35.8 Å². The van der Waals surface area contributed by atoms with Gasteiger partial charge in [0.05, 0.1) is 23.9 Å². The highest BCUT2D eigenvalue weighted by molar-refractivity contribution is 7.15. The van der Waals surface area contributed by atoms with Crippen molar-refractivity contribution in [3.8, 4) is 22.1 Å². The maximum atomic E-state index is 9.54. The highest BCUT2D eigenvalue weighted by Crippen LogP contribution is 2.28. The second kappa shape index (κ2) is 6.59. The van der Waals surface area contributed by atoms with Crippen molar-refractivity contribution in [3.63, 3.8) is 0 Å². The second-order valence-corrected chi connectivity index (χ2v) is 6.12. The molecule has 0 aliphatic carbocycles. The topological polar surface area (TPSA) is 66.7 Å². The van der Waals surface area contributed by atoms with Gasteiger partial charge in [-0.05, 0) is 35.2 Å². The van der Waals surface area contributed by atoms with Crippen LogP contribution in [0.1, 0.15) is 5.56 Å². The van der Waals surface area contributed by atoms with Crippen LogP contribution in [-0.4, -0.2) is 23.4 Å². The summed E-state index contributed by atoms with van der Waals surface area (Å²) in [7, 11) is 1.51. The summed E-state index contributed by atoms with van der Waals surface area (Å²) in [5, 5.41) is 18.4. The minimum atomic E-state index is 0.105.